The number of benzene rings is 1. The molecule has 5 rings (SSSR count). The Bertz CT molecular complexity index is 887. The van der Waals surface area contributed by atoms with Crippen LogP contribution < -0.4 is 16.2 Å². The Morgan fingerprint density at radius 1 is 0.971 bits per heavy atom. The average Bonchev–Trinajstić information content (AvgIpc) is 2.78. The zero-order valence-corrected chi connectivity index (χ0v) is 21.7. The molecule has 4 aliphatic rings. The highest BCUT2D eigenvalue weighted by molar-refractivity contribution is 7.98. The van der Waals surface area contributed by atoms with Gasteiger partial charge in [-0.1, -0.05) is 32.9 Å². The normalized spacial score (nSPS) is 28.3. The predicted octanol–water partition coefficient (Wildman–Crippen LogP) is 4.20. The van der Waals surface area contributed by atoms with Gasteiger partial charge in [-0.25, -0.2) is 0 Å². The summed E-state index contributed by atoms with van der Waals surface area (Å²) in [5, 5.41) is 2.87. The van der Waals surface area contributed by atoms with Gasteiger partial charge in [0.05, 0.1) is 5.41 Å². The molecule has 0 spiro atoms. The lowest BCUT2D eigenvalue weighted by atomic mass is 9.49. The summed E-state index contributed by atoms with van der Waals surface area (Å²) in [4.78, 5) is 39.0. The number of rotatable bonds is 7. The molecule has 4 bridgehead atoms. The second-order valence-corrected chi connectivity index (χ2v) is 12.8. The van der Waals surface area contributed by atoms with Crippen molar-refractivity contribution in [2.45, 2.75) is 77.2 Å². The van der Waals surface area contributed by atoms with Crippen LogP contribution in [0.1, 0.15) is 81.6 Å². The molecule has 4 saturated carbocycles. The van der Waals surface area contributed by atoms with Gasteiger partial charge in [0.15, 0.2) is 0 Å². The van der Waals surface area contributed by atoms with Crippen molar-refractivity contribution in [1.29, 1.82) is 0 Å². The van der Waals surface area contributed by atoms with Crippen LogP contribution in [0.3, 0.4) is 0 Å². The molecule has 1 unspecified atom stereocenters. The van der Waals surface area contributed by atoms with Crippen LogP contribution in [0.2, 0.25) is 0 Å². The van der Waals surface area contributed by atoms with Crippen LogP contribution >= 0.6 is 11.8 Å². The summed E-state index contributed by atoms with van der Waals surface area (Å²) in [6, 6.07) is 6.80. The Hall–Kier alpha value is -2.02. The number of carbonyl (C=O) groups excluding carboxylic acids is 3. The minimum atomic E-state index is -0.709. The number of carbonyl (C=O) groups is 3. The first-order valence-corrected chi connectivity index (χ1v) is 14.0. The van der Waals surface area contributed by atoms with E-state index in [1.165, 1.54) is 19.3 Å². The fourth-order valence-corrected chi connectivity index (χ4v) is 7.07. The summed E-state index contributed by atoms with van der Waals surface area (Å²) >= 11 is 1.62. The molecule has 0 aliphatic heterocycles. The lowest BCUT2D eigenvalue weighted by Crippen LogP contribution is -2.59. The Morgan fingerprint density at radius 3 is 2.03 bits per heavy atom. The molecule has 6 nitrogen and oxygen atoms in total. The van der Waals surface area contributed by atoms with Gasteiger partial charge in [0.1, 0.15) is 6.04 Å². The van der Waals surface area contributed by atoms with E-state index >= 15 is 0 Å². The van der Waals surface area contributed by atoms with Gasteiger partial charge in [-0.2, -0.15) is 11.8 Å². The molecular weight excluding hydrogens is 446 g/mol. The van der Waals surface area contributed by atoms with Crippen molar-refractivity contribution < 1.29 is 14.4 Å². The molecule has 3 amide bonds. The average molecular weight is 486 g/mol. The van der Waals surface area contributed by atoms with E-state index < -0.39 is 6.04 Å². The number of thioether (sulfide) groups is 1. The topological polar surface area (TPSA) is 87.3 Å². The molecule has 3 N–H and O–H groups in total. The summed E-state index contributed by atoms with van der Waals surface area (Å²) in [5.41, 5.74) is 6.72. The monoisotopic (exact) mass is 485 g/mol. The quantitative estimate of drug-likeness (QED) is 0.505. The highest BCUT2D eigenvalue weighted by atomic mass is 32.2. The van der Waals surface area contributed by atoms with Crippen molar-refractivity contribution in [1.82, 2.24) is 16.2 Å². The van der Waals surface area contributed by atoms with Gasteiger partial charge >= 0.3 is 0 Å². The van der Waals surface area contributed by atoms with Crippen LogP contribution in [0, 0.1) is 23.2 Å². The maximum absolute atomic E-state index is 13.2. The van der Waals surface area contributed by atoms with Crippen LogP contribution in [0.25, 0.3) is 0 Å². The Labute approximate surface area is 207 Å². The number of hydrogen-bond acceptors (Lipinski definition) is 4. The van der Waals surface area contributed by atoms with Gasteiger partial charge < -0.3 is 5.32 Å². The smallest absolute Gasteiger partial charge is 0.260 e. The lowest BCUT2D eigenvalue weighted by Gasteiger charge is -2.55. The van der Waals surface area contributed by atoms with Gasteiger partial charge in [-0.05, 0) is 97.8 Å². The predicted molar refractivity (Wildman–Crippen MR) is 136 cm³/mol. The molecule has 7 heteroatoms. The maximum Gasteiger partial charge on any atom is 0.260 e. The van der Waals surface area contributed by atoms with E-state index in [1.807, 2.05) is 18.4 Å². The standard InChI is InChI=1S/C27H39N3O3S/c1-26(2,3)21-7-5-20(6-8-21)23(31)28-22(9-10-34-4)24(32)29-30-25(33)27-14-17-11-18(15-27)13-19(12-17)16-27/h5-8,17-19,22H,9-16H2,1-4H3,(H,28,31)(H,29,32)(H,30,33). The largest absolute Gasteiger partial charge is 0.340 e. The van der Waals surface area contributed by atoms with Gasteiger partial charge in [0.2, 0.25) is 5.91 Å². The third-order valence-corrected chi connectivity index (χ3v) is 8.71. The minimum Gasteiger partial charge on any atom is -0.340 e. The molecule has 0 radical (unpaired) electrons. The fraction of sp³-hybridized carbons (Fsp3) is 0.667. The van der Waals surface area contributed by atoms with Crippen LogP contribution in [0.4, 0.5) is 0 Å². The zero-order valence-electron chi connectivity index (χ0n) is 20.9. The third-order valence-electron chi connectivity index (χ3n) is 8.06. The van der Waals surface area contributed by atoms with Crippen LogP contribution in [0.5, 0.6) is 0 Å². The summed E-state index contributed by atoms with van der Waals surface area (Å²) < 4.78 is 0. The zero-order chi connectivity index (χ0) is 24.5. The van der Waals surface area contributed by atoms with Crippen LogP contribution in [-0.4, -0.2) is 35.8 Å². The van der Waals surface area contributed by atoms with Crippen molar-refractivity contribution in [2.24, 2.45) is 23.2 Å². The van der Waals surface area contributed by atoms with Crippen molar-refractivity contribution in [2.75, 3.05) is 12.0 Å². The number of nitrogens with one attached hydrogen (secondary N) is 3. The molecule has 1 aromatic rings. The third kappa shape index (κ3) is 5.45. The highest BCUT2D eigenvalue weighted by Gasteiger charge is 2.54. The highest BCUT2D eigenvalue weighted by Crippen LogP contribution is 2.60. The van der Waals surface area contributed by atoms with E-state index in [4.69, 9.17) is 0 Å². The Morgan fingerprint density at radius 2 is 1.53 bits per heavy atom. The molecular formula is C27H39N3O3S. The van der Waals surface area contributed by atoms with E-state index in [2.05, 4.69) is 36.9 Å². The molecule has 0 heterocycles. The number of hydrogen-bond donors (Lipinski definition) is 3. The van der Waals surface area contributed by atoms with Gasteiger partial charge in [-0.3, -0.25) is 25.2 Å². The van der Waals surface area contributed by atoms with Gasteiger partial charge in [-0.15, -0.1) is 0 Å². The van der Waals surface area contributed by atoms with Gasteiger partial charge in [0, 0.05) is 5.56 Å². The summed E-state index contributed by atoms with van der Waals surface area (Å²) in [6.45, 7) is 6.38. The SMILES string of the molecule is CSCCC(NC(=O)c1ccc(C(C)(C)C)cc1)C(=O)NNC(=O)C12CC3CC(CC(C3)C1)C2. The van der Waals surface area contributed by atoms with Crippen molar-refractivity contribution in [3.05, 3.63) is 35.4 Å². The molecule has 34 heavy (non-hydrogen) atoms. The Balaban J connectivity index is 1.36. The molecule has 1 atom stereocenters. The molecule has 4 fully saturated rings. The van der Waals surface area contributed by atoms with E-state index in [1.54, 1.807) is 23.9 Å². The first kappa shape index (κ1) is 25.1. The van der Waals surface area contributed by atoms with E-state index in [0.717, 1.165) is 30.6 Å². The molecule has 4 aliphatic carbocycles. The van der Waals surface area contributed by atoms with Crippen LogP contribution in [-0.2, 0) is 15.0 Å². The minimum absolute atomic E-state index is 0.00464. The molecule has 0 aromatic heterocycles. The summed E-state index contributed by atoms with van der Waals surface area (Å²) in [7, 11) is 0. The first-order valence-electron chi connectivity index (χ1n) is 12.6. The first-order chi connectivity index (χ1) is 16.1. The lowest BCUT2D eigenvalue weighted by molar-refractivity contribution is -0.149. The van der Waals surface area contributed by atoms with Crippen molar-refractivity contribution >= 4 is 29.5 Å². The second-order valence-electron chi connectivity index (χ2n) is 11.8. The fourth-order valence-electron chi connectivity index (χ4n) is 6.59. The molecule has 186 valence electrons. The Kier molecular flexibility index (Phi) is 7.32. The second kappa shape index (κ2) is 9.92. The van der Waals surface area contributed by atoms with E-state index in [-0.39, 0.29) is 28.6 Å². The molecule has 0 saturated heterocycles. The van der Waals surface area contributed by atoms with Crippen molar-refractivity contribution in [3.8, 4) is 0 Å². The number of amides is 3. The molecule has 1 aromatic carbocycles. The summed E-state index contributed by atoms with van der Waals surface area (Å²) in [5.74, 6) is 2.00. The van der Waals surface area contributed by atoms with Gasteiger partial charge in [0.25, 0.3) is 11.8 Å². The number of hydrazine groups is 1. The summed E-state index contributed by atoms with van der Waals surface area (Å²) in [6.07, 6.45) is 9.08. The van der Waals surface area contributed by atoms with Crippen molar-refractivity contribution in [3.63, 3.8) is 0 Å². The van der Waals surface area contributed by atoms with Crippen LogP contribution in [0.15, 0.2) is 24.3 Å². The maximum atomic E-state index is 13.2. The van der Waals surface area contributed by atoms with E-state index in [0.29, 0.717) is 29.7 Å². The van der Waals surface area contributed by atoms with E-state index in [9.17, 15) is 14.4 Å².